The van der Waals surface area contributed by atoms with Crippen molar-refractivity contribution in [3.63, 3.8) is 0 Å². The van der Waals surface area contributed by atoms with E-state index in [1.54, 1.807) is 49.3 Å². The summed E-state index contributed by atoms with van der Waals surface area (Å²) in [6.07, 6.45) is 13.8. The van der Waals surface area contributed by atoms with Crippen LogP contribution in [0.1, 0.15) is 164 Å². The van der Waals surface area contributed by atoms with E-state index in [9.17, 15) is 4.79 Å². The van der Waals surface area contributed by atoms with Crippen LogP contribution in [-0.2, 0) is 0 Å². The summed E-state index contributed by atoms with van der Waals surface area (Å²) in [5, 5.41) is 4.04. The fourth-order valence-corrected chi connectivity index (χ4v) is 2.25. The highest BCUT2D eigenvalue weighted by Crippen LogP contribution is 2.09. The SMILES string of the molecule is C.CC.CC.CC.CC.CC.CC(C)C.CC(C)C.CC(C)C.CC(C)c1cc[nH]c(=O)c1.c1ccn2nccc2c1.c1ccncc1.c1cncnc1. The largest absolute Gasteiger partial charge is 0.329 e. The maximum atomic E-state index is 10.7. The van der Waals surface area contributed by atoms with Gasteiger partial charge >= 0.3 is 0 Å². The molecule has 5 aromatic heterocycles. The lowest BCUT2D eigenvalue weighted by molar-refractivity contribution is 0.736. The molecule has 7 heteroatoms. The second-order valence-electron chi connectivity index (χ2n) is 11.7. The number of nitrogens with zero attached hydrogens (tertiary/aromatic N) is 5. The minimum atomic E-state index is -0.0220. The molecule has 0 saturated heterocycles. The van der Waals surface area contributed by atoms with E-state index in [0.29, 0.717) is 5.92 Å². The van der Waals surface area contributed by atoms with Gasteiger partial charge in [-0.25, -0.2) is 14.5 Å². The summed E-state index contributed by atoms with van der Waals surface area (Å²) in [4.78, 5) is 24.4. The summed E-state index contributed by atoms with van der Waals surface area (Å²) in [6, 6.07) is 19.0. The molecule has 0 spiro atoms. The van der Waals surface area contributed by atoms with Crippen LogP contribution in [0.25, 0.3) is 5.52 Å². The van der Waals surface area contributed by atoms with E-state index in [-0.39, 0.29) is 13.0 Å². The van der Waals surface area contributed by atoms with Gasteiger partial charge in [-0.2, -0.15) is 5.10 Å². The number of hydrogen-bond acceptors (Lipinski definition) is 5. The fourth-order valence-electron chi connectivity index (χ4n) is 2.25. The van der Waals surface area contributed by atoms with E-state index in [2.05, 4.69) is 101 Å². The number of nitrogens with one attached hydrogen (secondary N) is 1. The Balaban J connectivity index is -0.0000000748. The molecule has 54 heavy (non-hydrogen) atoms. The summed E-state index contributed by atoms with van der Waals surface area (Å²) < 4.78 is 1.83. The number of aromatic nitrogens is 6. The van der Waals surface area contributed by atoms with Gasteiger partial charge < -0.3 is 4.98 Å². The molecule has 5 rings (SSSR count). The van der Waals surface area contributed by atoms with E-state index < -0.39 is 0 Å². The molecule has 7 nitrogen and oxygen atoms in total. The van der Waals surface area contributed by atoms with Gasteiger partial charge in [0.25, 0.3) is 0 Å². The molecule has 0 saturated carbocycles. The normalized spacial score (nSPS) is 7.94. The highest BCUT2D eigenvalue weighted by Gasteiger charge is 1.96. The highest BCUT2D eigenvalue weighted by molar-refractivity contribution is 5.44. The van der Waals surface area contributed by atoms with Crippen LogP contribution in [0.2, 0.25) is 0 Å². The average molecular weight is 755 g/mol. The third kappa shape index (κ3) is 69.6. The third-order valence-corrected chi connectivity index (χ3v) is 3.82. The Morgan fingerprint density at radius 2 is 0.944 bits per heavy atom. The molecule has 5 heterocycles. The molecule has 0 aliphatic rings. The van der Waals surface area contributed by atoms with Crippen molar-refractivity contribution in [2.24, 2.45) is 17.8 Å². The first kappa shape index (κ1) is 67.9. The number of fused-ring (bicyclic) bond motifs is 1. The van der Waals surface area contributed by atoms with Crippen molar-refractivity contribution in [2.45, 2.75) is 159 Å². The fraction of sp³-hybridized carbons (Fsp3) is 0.553. The van der Waals surface area contributed by atoms with Crippen molar-refractivity contribution in [3.05, 3.63) is 126 Å². The number of rotatable bonds is 1. The molecule has 314 valence electrons. The quantitative estimate of drug-likeness (QED) is 0.184. The first-order chi connectivity index (χ1) is 25.4. The van der Waals surface area contributed by atoms with Crippen LogP contribution in [-0.4, -0.2) is 29.5 Å². The maximum absolute atomic E-state index is 10.7. The Labute approximate surface area is 337 Å². The van der Waals surface area contributed by atoms with Gasteiger partial charge in [0.2, 0.25) is 5.56 Å². The second-order valence-corrected chi connectivity index (χ2v) is 11.7. The maximum Gasteiger partial charge on any atom is 0.248 e. The molecular formula is C47H90N6O. The molecule has 5 aromatic rings. The van der Waals surface area contributed by atoms with Gasteiger partial charge in [-0.05, 0) is 71.7 Å². The van der Waals surface area contributed by atoms with Crippen LogP contribution >= 0.6 is 0 Å². The van der Waals surface area contributed by atoms with Crippen molar-refractivity contribution in [1.29, 1.82) is 0 Å². The Bertz CT molecular complexity index is 1150. The Morgan fingerprint density at radius 3 is 1.20 bits per heavy atom. The predicted molar refractivity (Wildman–Crippen MR) is 248 cm³/mol. The van der Waals surface area contributed by atoms with Gasteiger partial charge in [0.05, 0.1) is 5.52 Å². The summed E-state index contributed by atoms with van der Waals surface area (Å²) in [5.74, 6) is 2.93. The van der Waals surface area contributed by atoms with E-state index >= 15 is 0 Å². The van der Waals surface area contributed by atoms with Crippen LogP contribution in [0.4, 0.5) is 0 Å². The molecule has 0 atom stereocenters. The minimum Gasteiger partial charge on any atom is -0.329 e. The lowest BCUT2D eigenvalue weighted by Crippen LogP contribution is -2.04. The van der Waals surface area contributed by atoms with E-state index in [0.717, 1.165) is 28.8 Å². The highest BCUT2D eigenvalue weighted by atomic mass is 16.1. The van der Waals surface area contributed by atoms with Gasteiger partial charge in [-0.15, -0.1) is 0 Å². The van der Waals surface area contributed by atoms with Gasteiger partial charge in [0.1, 0.15) is 6.33 Å². The van der Waals surface area contributed by atoms with Gasteiger partial charge in [0, 0.05) is 49.4 Å². The minimum absolute atomic E-state index is 0. The van der Waals surface area contributed by atoms with Gasteiger partial charge in [-0.3, -0.25) is 9.78 Å². The average Bonchev–Trinajstić information content (AvgIpc) is 3.67. The van der Waals surface area contributed by atoms with Crippen molar-refractivity contribution in [3.8, 4) is 0 Å². The zero-order chi connectivity index (χ0) is 42.9. The molecule has 0 fully saturated rings. The molecule has 0 amide bonds. The zero-order valence-electron chi connectivity index (χ0n) is 38.3. The monoisotopic (exact) mass is 755 g/mol. The molecular weight excluding hydrogens is 665 g/mol. The number of hydrogen-bond donors (Lipinski definition) is 1. The molecule has 0 aromatic carbocycles. The topological polar surface area (TPSA) is 88.8 Å². The third-order valence-electron chi connectivity index (χ3n) is 3.82. The lowest BCUT2D eigenvalue weighted by Gasteiger charge is -2.01. The first-order valence-electron chi connectivity index (χ1n) is 20.0. The number of H-pyrrole nitrogens is 1. The van der Waals surface area contributed by atoms with Crippen LogP contribution in [0, 0.1) is 17.8 Å². The summed E-state index contributed by atoms with van der Waals surface area (Å²) in [6.45, 7) is 43.6. The van der Waals surface area contributed by atoms with Crippen LogP contribution in [0.15, 0.2) is 115 Å². The van der Waals surface area contributed by atoms with Crippen LogP contribution < -0.4 is 5.56 Å². The molecule has 0 unspecified atom stereocenters. The van der Waals surface area contributed by atoms with E-state index in [4.69, 9.17) is 0 Å². The van der Waals surface area contributed by atoms with Crippen molar-refractivity contribution in [2.75, 3.05) is 0 Å². The van der Waals surface area contributed by atoms with Crippen molar-refractivity contribution in [1.82, 2.24) is 29.5 Å². The Hall–Kier alpha value is -4.13. The summed E-state index contributed by atoms with van der Waals surface area (Å²) >= 11 is 0. The standard InChI is InChI=1S/C8H11NO.C7H6N2.C5H5N.C4H4N2.3C4H10.5C2H6.CH4/c1-6(2)7-3-4-9-8(10)5-7;1-2-6-9-7(3-1)4-5-8-9;1-2-4-6-5-3-1;1-2-5-4-6-3-1;3*1-4(2)3;5*1-2;/h3-6H,1-2H3,(H,9,10);1-6H;1-5H;1-4H;3*4H,1-3H3;5*1-2H3;1H4. The van der Waals surface area contributed by atoms with Gasteiger partial charge in [0.15, 0.2) is 0 Å². The molecule has 0 bridgehead atoms. The lowest BCUT2D eigenvalue weighted by atomic mass is 10.1. The number of pyridine rings is 3. The zero-order valence-corrected chi connectivity index (χ0v) is 38.3. The summed E-state index contributed by atoms with van der Waals surface area (Å²) in [5.41, 5.74) is 2.20. The van der Waals surface area contributed by atoms with Crippen molar-refractivity contribution < 1.29 is 0 Å². The smallest absolute Gasteiger partial charge is 0.248 e. The van der Waals surface area contributed by atoms with Crippen LogP contribution in [0.3, 0.4) is 0 Å². The predicted octanol–water partition coefficient (Wildman–Crippen LogP) is 15.1. The second kappa shape index (κ2) is 60.9. The molecule has 1 N–H and O–H groups in total. The van der Waals surface area contributed by atoms with Gasteiger partial charge in [-0.1, -0.05) is 165 Å². The van der Waals surface area contributed by atoms with E-state index in [1.807, 2.05) is 128 Å². The summed E-state index contributed by atoms with van der Waals surface area (Å²) in [7, 11) is 0. The molecule has 0 aliphatic carbocycles. The Kier molecular flexibility index (Phi) is 76.7. The van der Waals surface area contributed by atoms with Crippen LogP contribution in [0.5, 0.6) is 0 Å². The molecule has 0 radical (unpaired) electrons. The molecule has 0 aliphatic heterocycles. The Morgan fingerprint density at radius 1 is 0.519 bits per heavy atom. The van der Waals surface area contributed by atoms with E-state index in [1.165, 1.54) is 6.33 Å². The first-order valence-corrected chi connectivity index (χ1v) is 20.0. The van der Waals surface area contributed by atoms with Crippen molar-refractivity contribution >= 4 is 5.52 Å². The number of aromatic amines is 1.